The van der Waals surface area contributed by atoms with Crippen molar-refractivity contribution < 1.29 is 18.1 Å². The van der Waals surface area contributed by atoms with E-state index in [1.54, 1.807) is 12.3 Å². The number of hydrogen-bond acceptors (Lipinski definition) is 7. The lowest BCUT2D eigenvalue weighted by atomic mass is 9.81. The molecule has 0 spiro atoms. The molecule has 1 saturated heterocycles. The number of fused-ring (bicyclic) bond motifs is 1. The molecule has 11 heteroatoms. The van der Waals surface area contributed by atoms with E-state index in [1.165, 1.54) is 0 Å². The third kappa shape index (κ3) is 4.91. The molecule has 0 radical (unpaired) electrons. The van der Waals surface area contributed by atoms with E-state index in [2.05, 4.69) is 43.4 Å². The number of rotatable bonds is 6. The number of imidazole rings is 1. The third-order valence-corrected chi connectivity index (χ3v) is 7.43. The van der Waals surface area contributed by atoms with Crippen LogP contribution in [0.25, 0.3) is 17.0 Å². The van der Waals surface area contributed by atoms with Gasteiger partial charge in [0.15, 0.2) is 0 Å². The molecular formula is C27H29F2N7O2. The van der Waals surface area contributed by atoms with Gasteiger partial charge in [-0.15, -0.1) is 0 Å². The van der Waals surface area contributed by atoms with Crippen LogP contribution in [-0.2, 0) is 6.54 Å². The van der Waals surface area contributed by atoms with E-state index in [9.17, 15) is 13.6 Å². The summed E-state index contributed by atoms with van der Waals surface area (Å²) in [5.74, 6) is -2.86. The van der Waals surface area contributed by atoms with Crippen molar-refractivity contribution >= 4 is 17.2 Å². The fourth-order valence-corrected chi connectivity index (χ4v) is 4.99. The second-order valence-corrected chi connectivity index (χ2v) is 10.4. The van der Waals surface area contributed by atoms with Gasteiger partial charge in [-0.05, 0) is 37.2 Å². The zero-order valence-electron chi connectivity index (χ0n) is 21.3. The number of aryl methyl sites for hydroxylation is 1. The summed E-state index contributed by atoms with van der Waals surface area (Å²) in [6.45, 7) is 6.81. The van der Waals surface area contributed by atoms with Crippen LogP contribution in [0, 0.1) is 6.92 Å². The van der Waals surface area contributed by atoms with Gasteiger partial charge in [0.1, 0.15) is 11.3 Å². The van der Waals surface area contributed by atoms with E-state index in [-0.39, 0.29) is 24.6 Å². The number of hydrogen-bond donors (Lipinski definition) is 1. The SMILES string of the molecule is Cc1ccc(-c2noc(C3CC(F)(F)C3)n2)cc1NC(=O)c1cnc2ccc(CN3CCN(C)CC3)cn12. The number of halogens is 2. The molecule has 6 rings (SSSR count). The average Bonchev–Trinajstić information content (AvgIpc) is 3.53. The number of piperazine rings is 1. The largest absolute Gasteiger partial charge is 0.339 e. The molecular weight excluding hydrogens is 492 g/mol. The molecule has 4 aromatic rings. The summed E-state index contributed by atoms with van der Waals surface area (Å²) in [6.07, 6.45) is 2.99. The van der Waals surface area contributed by atoms with Crippen LogP contribution in [0.3, 0.4) is 0 Å². The Labute approximate surface area is 218 Å². The highest BCUT2D eigenvalue weighted by atomic mass is 19.3. The van der Waals surface area contributed by atoms with Gasteiger partial charge in [0.2, 0.25) is 17.6 Å². The summed E-state index contributed by atoms with van der Waals surface area (Å²) < 4.78 is 33.5. The first-order chi connectivity index (χ1) is 18.2. The molecule has 1 saturated carbocycles. The Kier molecular flexibility index (Phi) is 6.19. The first-order valence-corrected chi connectivity index (χ1v) is 12.7. The Balaban J connectivity index is 1.19. The molecule has 0 bridgehead atoms. The van der Waals surface area contributed by atoms with Crippen molar-refractivity contribution in [3.63, 3.8) is 0 Å². The Morgan fingerprint density at radius 1 is 1.16 bits per heavy atom. The summed E-state index contributed by atoms with van der Waals surface area (Å²) in [4.78, 5) is 26.8. The van der Waals surface area contributed by atoms with E-state index in [1.807, 2.05) is 35.7 Å². The zero-order chi connectivity index (χ0) is 26.4. The van der Waals surface area contributed by atoms with Crippen LogP contribution < -0.4 is 5.32 Å². The molecule has 1 aliphatic heterocycles. The minimum atomic E-state index is -2.66. The highest BCUT2D eigenvalue weighted by Crippen LogP contribution is 2.48. The average molecular weight is 522 g/mol. The Morgan fingerprint density at radius 3 is 2.71 bits per heavy atom. The second-order valence-electron chi connectivity index (χ2n) is 10.4. The van der Waals surface area contributed by atoms with Crippen LogP contribution in [0.4, 0.5) is 14.5 Å². The second kappa shape index (κ2) is 9.55. The quantitative estimate of drug-likeness (QED) is 0.407. The molecule has 3 aromatic heterocycles. The standard InChI is InChI=1S/C27H29F2N7O2/c1-17-3-5-19(24-32-26(38-33-24)20-12-27(28,29)13-20)11-21(17)31-25(37)22-14-30-23-6-4-18(16-36(22)23)15-35-9-7-34(2)8-10-35/h3-6,11,14,16,20H,7-10,12-13,15H2,1-2H3,(H,31,37). The molecule has 198 valence electrons. The van der Waals surface area contributed by atoms with Crippen molar-refractivity contribution in [1.29, 1.82) is 0 Å². The maximum atomic E-state index is 13.3. The third-order valence-electron chi connectivity index (χ3n) is 7.43. The van der Waals surface area contributed by atoms with E-state index < -0.39 is 11.8 Å². The first-order valence-electron chi connectivity index (χ1n) is 12.7. The van der Waals surface area contributed by atoms with Crippen LogP contribution in [0.1, 0.15) is 46.3 Å². The maximum absolute atomic E-state index is 13.3. The molecule has 0 atom stereocenters. The van der Waals surface area contributed by atoms with E-state index in [0.717, 1.165) is 43.9 Å². The van der Waals surface area contributed by atoms with E-state index >= 15 is 0 Å². The molecule has 1 aromatic carbocycles. The summed E-state index contributed by atoms with van der Waals surface area (Å²) in [5, 5.41) is 6.96. The van der Waals surface area contributed by atoms with Gasteiger partial charge in [-0.3, -0.25) is 14.1 Å². The topological polar surface area (TPSA) is 91.8 Å². The van der Waals surface area contributed by atoms with Crippen LogP contribution in [-0.4, -0.2) is 74.4 Å². The zero-order valence-corrected chi connectivity index (χ0v) is 21.3. The van der Waals surface area contributed by atoms with Gasteiger partial charge >= 0.3 is 0 Å². The number of pyridine rings is 1. The highest BCUT2D eigenvalue weighted by molar-refractivity contribution is 6.04. The van der Waals surface area contributed by atoms with Crippen molar-refractivity contribution in [3.8, 4) is 11.4 Å². The molecule has 1 N–H and O–H groups in total. The van der Waals surface area contributed by atoms with Gasteiger partial charge in [0, 0.05) is 68.9 Å². The van der Waals surface area contributed by atoms with Crippen molar-refractivity contribution in [2.75, 3.05) is 38.5 Å². The van der Waals surface area contributed by atoms with Gasteiger partial charge in [-0.1, -0.05) is 23.4 Å². The van der Waals surface area contributed by atoms with Gasteiger partial charge in [-0.2, -0.15) is 4.98 Å². The molecule has 38 heavy (non-hydrogen) atoms. The minimum absolute atomic E-state index is 0.218. The van der Waals surface area contributed by atoms with Crippen LogP contribution in [0.5, 0.6) is 0 Å². The minimum Gasteiger partial charge on any atom is -0.339 e. The lowest BCUT2D eigenvalue weighted by Gasteiger charge is -2.32. The predicted octanol–water partition coefficient (Wildman–Crippen LogP) is 4.21. The fourth-order valence-electron chi connectivity index (χ4n) is 4.99. The van der Waals surface area contributed by atoms with E-state index in [4.69, 9.17) is 4.52 Å². The molecule has 2 aliphatic rings. The number of benzene rings is 1. The van der Waals surface area contributed by atoms with Crippen LogP contribution in [0.2, 0.25) is 0 Å². The molecule has 0 unspecified atom stereocenters. The number of alkyl halides is 2. The van der Waals surface area contributed by atoms with Crippen molar-refractivity contribution in [3.05, 3.63) is 65.4 Å². The van der Waals surface area contributed by atoms with Gasteiger partial charge in [-0.25, -0.2) is 13.8 Å². The molecule has 9 nitrogen and oxygen atoms in total. The smallest absolute Gasteiger partial charge is 0.274 e. The lowest BCUT2D eigenvalue weighted by Crippen LogP contribution is -2.43. The van der Waals surface area contributed by atoms with Gasteiger partial charge in [0.05, 0.1) is 6.20 Å². The van der Waals surface area contributed by atoms with Crippen LogP contribution >= 0.6 is 0 Å². The van der Waals surface area contributed by atoms with Gasteiger partial charge < -0.3 is 14.7 Å². The number of nitrogens with one attached hydrogen (secondary N) is 1. The number of nitrogens with zero attached hydrogens (tertiary/aromatic N) is 6. The summed E-state index contributed by atoms with van der Waals surface area (Å²) in [6, 6.07) is 9.41. The summed E-state index contributed by atoms with van der Waals surface area (Å²) >= 11 is 0. The van der Waals surface area contributed by atoms with Crippen molar-refractivity contribution in [1.82, 2.24) is 29.3 Å². The molecule has 4 heterocycles. The normalized spacial score (nSPS) is 18.5. The van der Waals surface area contributed by atoms with Crippen molar-refractivity contribution in [2.45, 2.75) is 38.2 Å². The number of anilines is 1. The van der Waals surface area contributed by atoms with Gasteiger partial charge in [0.25, 0.3) is 5.91 Å². The number of amides is 1. The monoisotopic (exact) mass is 521 g/mol. The highest BCUT2D eigenvalue weighted by Gasteiger charge is 2.48. The lowest BCUT2D eigenvalue weighted by molar-refractivity contribution is -0.0925. The Morgan fingerprint density at radius 2 is 1.95 bits per heavy atom. The van der Waals surface area contributed by atoms with E-state index in [0.29, 0.717) is 28.4 Å². The Hall–Kier alpha value is -3.70. The summed E-state index contributed by atoms with van der Waals surface area (Å²) in [5.41, 5.74) is 4.32. The number of likely N-dealkylation sites (N-methyl/N-ethyl adjacent to an activating group) is 1. The predicted molar refractivity (Wildman–Crippen MR) is 137 cm³/mol. The molecule has 1 aliphatic carbocycles. The number of carbonyl (C=O) groups excluding carboxylic acids is 1. The van der Waals surface area contributed by atoms with Crippen LogP contribution in [0.15, 0.2) is 47.2 Å². The first kappa shape index (κ1) is 24.6. The fraction of sp³-hybridized carbons (Fsp3) is 0.407. The number of aromatic nitrogens is 4. The maximum Gasteiger partial charge on any atom is 0.274 e. The molecule has 1 amide bonds. The Bertz CT molecular complexity index is 1480. The van der Waals surface area contributed by atoms with Crippen molar-refractivity contribution in [2.24, 2.45) is 0 Å². The molecule has 2 fully saturated rings. The summed E-state index contributed by atoms with van der Waals surface area (Å²) in [7, 11) is 2.13. The number of carbonyl (C=O) groups is 1.